The van der Waals surface area contributed by atoms with Crippen LogP contribution in [0.15, 0.2) is 60.0 Å². The van der Waals surface area contributed by atoms with Gasteiger partial charge in [-0.1, -0.05) is 36.4 Å². The summed E-state index contributed by atoms with van der Waals surface area (Å²) in [6.07, 6.45) is 5.07. The molecule has 24 heavy (non-hydrogen) atoms. The highest BCUT2D eigenvalue weighted by molar-refractivity contribution is 5.90. The molecule has 1 aliphatic rings. The first-order valence-electron chi connectivity index (χ1n) is 7.77. The summed E-state index contributed by atoms with van der Waals surface area (Å²) in [6, 6.07) is 13.4. The molecule has 122 valence electrons. The average molecular weight is 322 g/mol. The molecule has 0 radical (unpaired) electrons. The third-order valence-corrected chi connectivity index (χ3v) is 3.87. The van der Waals surface area contributed by atoms with E-state index in [9.17, 15) is 9.59 Å². The summed E-state index contributed by atoms with van der Waals surface area (Å²) in [5.74, 6) is -0.610. The van der Waals surface area contributed by atoms with Gasteiger partial charge in [-0.2, -0.15) is 5.10 Å². The molecule has 0 saturated carbocycles. The Kier molecular flexibility index (Phi) is 4.96. The molecule has 1 fully saturated rings. The number of hydrogen-bond donors (Lipinski definition) is 1. The van der Waals surface area contributed by atoms with Crippen molar-refractivity contribution >= 4 is 18.0 Å². The number of pyridine rings is 1. The molecule has 1 unspecified atom stereocenters. The second kappa shape index (κ2) is 7.50. The first kappa shape index (κ1) is 15.9. The predicted molar refractivity (Wildman–Crippen MR) is 89.9 cm³/mol. The van der Waals surface area contributed by atoms with Crippen LogP contribution in [0.2, 0.25) is 0 Å². The first-order valence-corrected chi connectivity index (χ1v) is 7.77. The molecule has 1 aromatic heterocycles. The number of hydrogen-bond acceptors (Lipinski definition) is 4. The first-order chi connectivity index (χ1) is 11.7. The highest BCUT2D eigenvalue weighted by Gasteiger charge is 2.34. The van der Waals surface area contributed by atoms with Gasteiger partial charge in [-0.05, 0) is 11.6 Å². The molecule has 0 spiro atoms. The Labute approximate surface area is 140 Å². The van der Waals surface area contributed by atoms with Crippen LogP contribution in [0, 0.1) is 5.92 Å². The molecule has 1 saturated heterocycles. The Morgan fingerprint density at radius 2 is 2.12 bits per heavy atom. The minimum absolute atomic E-state index is 0.00441. The summed E-state index contributed by atoms with van der Waals surface area (Å²) >= 11 is 0. The Bertz CT molecular complexity index is 731. The van der Waals surface area contributed by atoms with Crippen molar-refractivity contribution < 1.29 is 9.59 Å². The van der Waals surface area contributed by atoms with Crippen LogP contribution in [0.3, 0.4) is 0 Å². The normalized spacial score (nSPS) is 17.4. The lowest BCUT2D eigenvalue weighted by Crippen LogP contribution is -2.30. The van der Waals surface area contributed by atoms with E-state index in [0.717, 1.165) is 11.1 Å². The fourth-order valence-corrected chi connectivity index (χ4v) is 2.62. The SMILES string of the molecule is O=C(N/N=C/c1cccnc1)C1CC(=O)N(Cc2ccccc2)C1. The van der Waals surface area contributed by atoms with Crippen LogP contribution < -0.4 is 5.43 Å². The molecule has 6 nitrogen and oxygen atoms in total. The molecular weight excluding hydrogens is 304 g/mol. The second-order valence-electron chi connectivity index (χ2n) is 5.68. The fourth-order valence-electron chi connectivity index (χ4n) is 2.62. The van der Waals surface area contributed by atoms with Gasteiger partial charge in [-0.3, -0.25) is 14.6 Å². The standard InChI is InChI=1S/C18H18N4O2/c23-17-9-16(13-22(17)12-14-5-2-1-3-6-14)18(24)21-20-11-15-7-4-8-19-10-15/h1-8,10-11,16H,9,12-13H2,(H,21,24)/b20-11+. The van der Waals surface area contributed by atoms with E-state index in [-0.39, 0.29) is 24.2 Å². The Hall–Kier alpha value is -3.02. The Balaban J connectivity index is 1.53. The lowest BCUT2D eigenvalue weighted by Gasteiger charge is -2.16. The predicted octanol–water partition coefficient (Wildman–Crippen LogP) is 1.58. The van der Waals surface area contributed by atoms with Gasteiger partial charge in [0.25, 0.3) is 0 Å². The van der Waals surface area contributed by atoms with Gasteiger partial charge in [0.15, 0.2) is 0 Å². The van der Waals surface area contributed by atoms with Crippen LogP contribution >= 0.6 is 0 Å². The zero-order chi connectivity index (χ0) is 16.8. The Morgan fingerprint density at radius 1 is 1.29 bits per heavy atom. The minimum Gasteiger partial charge on any atom is -0.338 e. The van der Waals surface area contributed by atoms with Crippen molar-refractivity contribution in [3.63, 3.8) is 0 Å². The second-order valence-corrected chi connectivity index (χ2v) is 5.68. The summed E-state index contributed by atoms with van der Waals surface area (Å²) in [5, 5.41) is 3.93. The number of likely N-dealkylation sites (tertiary alicyclic amines) is 1. The molecule has 1 aromatic carbocycles. The number of carbonyl (C=O) groups excluding carboxylic acids is 2. The van der Waals surface area contributed by atoms with Gasteiger partial charge < -0.3 is 4.90 Å². The molecule has 1 aliphatic heterocycles. The number of amides is 2. The molecule has 6 heteroatoms. The van der Waals surface area contributed by atoms with Crippen molar-refractivity contribution in [3.05, 3.63) is 66.0 Å². The van der Waals surface area contributed by atoms with Crippen LogP contribution in [0.4, 0.5) is 0 Å². The van der Waals surface area contributed by atoms with Crippen LogP contribution in [0.25, 0.3) is 0 Å². The smallest absolute Gasteiger partial charge is 0.245 e. The zero-order valence-electron chi connectivity index (χ0n) is 13.1. The van der Waals surface area contributed by atoms with Crippen LogP contribution in [-0.4, -0.2) is 34.5 Å². The van der Waals surface area contributed by atoms with E-state index in [1.807, 2.05) is 36.4 Å². The number of hydrazone groups is 1. The molecule has 2 aromatic rings. The van der Waals surface area contributed by atoms with E-state index in [1.54, 1.807) is 23.4 Å². The van der Waals surface area contributed by atoms with Gasteiger partial charge >= 0.3 is 0 Å². The lowest BCUT2D eigenvalue weighted by molar-refractivity contribution is -0.129. The van der Waals surface area contributed by atoms with Gasteiger partial charge in [0.2, 0.25) is 11.8 Å². The average Bonchev–Trinajstić information content (AvgIpc) is 2.97. The number of aromatic nitrogens is 1. The third kappa shape index (κ3) is 4.04. The summed E-state index contributed by atoms with van der Waals surface area (Å²) in [4.78, 5) is 29.9. The fraction of sp³-hybridized carbons (Fsp3) is 0.222. The number of nitrogens with zero attached hydrogens (tertiary/aromatic N) is 3. The van der Waals surface area contributed by atoms with Gasteiger partial charge in [0.1, 0.15) is 0 Å². The molecule has 0 bridgehead atoms. The van der Waals surface area contributed by atoms with Gasteiger partial charge in [-0.15, -0.1) is 0 Å². The lowest BCUT2D eigenvalue weighted by atomic mass is 10.1. The summed E-state index contributed by atoms with van der Waals surface area (Å²) in [7, 11) is 0. The van der Waals surface area contributed by atoms with Gasteiger partial charge in [0.05, 0.1) is 12.1 Å². The van der Waals surface area contributed by atoms with Crippen molar-refractivity contribution in [3.8, 4) is 0 Å². The maximum Gasteiger partial charge on any atom is 0.245 e. The topological polar surface area (TPSA) is 74.7 Å². The quantitative estimate of drug-likeness (QED) is 0.671. The number of nitrogens with one attached hydrogen (secondary N) is 1. The largest absolute Gasteiger partial charge is 0.338 e. The molecule has 0 aliphatic carbocycles. The third-order valence-electron chi connectivity index (χ3n) is 3.87. The van der Waals surface area contributed by atoms with Gasteiger partial charge in [0, 0.05) is 37.5 Å². The number of carbonyl (C=O) groups is 2. The molecule has 1 atom stereocenters. The van der Waals surface area contributed by atoms with E-state index >= 15 is 0 Å². The molecule has 1 N–H and O–H groups in total. The maximum absolute atomic E-state index is 12.2. The number of benzene rings is 1. The summed E-state index contributed by atoms with van der Waals surface area (Å²) < 4.78 is 0. The van der Waals surface area contributed by atoms with E-state index in [4.69, 9.17) is 0 Å². The van der Waals surface area contributed by atoms with Crippen LogP contribution in [-0.2, 0) is 16.1 Å². The van der Waals surface area contributed by atoms with Crippen molar-refractivity contribution in [2.75, 3.05) is 6.54 Å². The summed E-state index contributed by atoms with van der Waals surface area (Å²) in [5.41, 5.74) is 4.36. The highest BCUT2D eigenvalue weighted by atomic mass is 16.2. The zero-order valence-corrected chi connectivity index (χ0v) is 13.1. The molecular formula is C18H18N4O2. The monoisotopic (exact) mass is 322 g/mol. The van der Waals surface area contributed by atoms with E-state index in [0.29, 0.717) is 13.1 Å². The van der Waals surface area contributed by atoms with Crippen LogP contribution in [0.5, 0.6) is 0 Å². The molecule has 2 heterocycles. The minimum atomic E-state index is -0.368. The van der Waals surface area contributed by atoms with E-state index in [2.05, 4.69) is 15.5 Å². The molecule has 3 rings (SSSR count). The number of rotatable bonds is 5. The van der Waals surface area contributed by atoms with Crippen molar-refractivity contribution in [2.45, 2.75) is 13.0 Å². The Morgan fingerprint density at radius 3 is 2.88 bits per heavy atom. The highest BCUT2D eigenvalue weighted by Crippen LogP contribution is 2.20. The van der Waals surface area contributed by atoms with Crippen molar-refractivity contribution in [1.82, 2.24) is 15.3 Å². The maximum atomic E-state index is 12.2. The van der Waals surface area contributed by atoms with Crippen molar-refractivity contribution in [1.29, 1.82) is 0 Å². The van der Waals surface area contributed by atoms with E-state index in [1.165, 1.54) is 6.21 Å². The van der Waals surface area contributed by atoms with E-state index < -0.39 is 0 Å². The molecule has 2 amide bonds. The van der Waals surface area contributed by atoms with Crippen LogP contribution in [0.1, 0.15) is 17.5 Å². The summed E-state index contributed by atoms with van der Waals surface area (Å²) in [6.45, 7) is 0.949. The van der Waals surface area contributed by atoms with Gasteiger partial charge in [-0.25, -0.2) is 5.43 Å². The van der Waals surface area contributed by atoms with Crippen molar-refractivity contribution in [2.24, 2.45) is 11.0 Å².